The number of rotatable bonds is 1. The van der Waals surface area contributed by atoms with E-state index in [-0.39, 0.29) is 23.4 Å². The SMILES string of the molecule is CC1(N2CC(=O)N3CCCC3C2=O)CCCC1. The number of hydrogen-bond acceptors (Lipinski definition) is 2. The van der Waals surface area contributed by atoms with Gasteiger partial charge in [0.1, 0.15) is 12.6 Å². The Bertz CT molecular complexity index is 360. The molecule has 3 fully saturated rings. The van der Waals surface area contributed by atoms with Crippen LogP contribution in [-0.4, -0.2) is 46.3 Å². The Morgan fingerprint density at radius 3 is 2.59 bits per heavy atom. The number of fused-ring (bicyclic) bond motifs is 1. The van der Waals surface area contributed by atoms with E-state index >= 15 is 0 Å². The number of carbonyl (C=O) groups is 2. The summed E-state index contributed by atoms with van der Waals surface area (Å²) in [6.45, 7) is 3.24. The molecule has 2 aliphatic heterocycles. The van der Waals surface area contributed by atoms with Crippen molar-refractivity contribution in [2.24, 2.45) is 0 Å². The summed E-state index contributed by atoms with van der Waals surface area (Å²) in [6, 6.07) is -0.145. The first-order valence-corrected chi connectivity index (χ1v) is 6.73. The third kappa shape index (κ3) is 1.57. The minimum atomic E-state index is -0.145. The second-order valence-corrected chi connectivity index (χ2v) is 5.87. The standard InChI is InChI=1S/C13H20N2O2/c1-13(6-2-3-7-13)15-9-11(16)14-8-4-5-10(14)12(15)17/h10H,2-9H2,1H3. The maximum atomic E-state index is 12.5. The van der Waals surface area contributed by atoms with Crippen LogP contribution in [0.25, 0.3) is 0 Å². The molecule has 1 unspecified atom stereocenters. The van der Waals surface area contributed by atoms with E-state index in [4.69, 9.17) is 0 Å². The van der Waals surface area contributed by atoms with Crippen molar-refractivity contribution in [1.29, 1.82) is 0 Å². The summed E-state index contributed by atoms with van der Waals surface area (Å²) in [7, 11) is 0. The number of piperazine rings is 1. The molecule has 0 spiro atoms. The van der Waals surface area contributed by atoms with Gasteiger partial charge in [0.15, 0.2) is 0 Å². The van der Waals surface area contributed by atoms with Crippen LogP contribution in [0.2, 0.25) is 0 Å². The summed E-state index contributed by atoms with van der Waals surface area (Å²) >= 11 is 0. The average Bonchev–Trinajstić information content (AvgIpc) is 2.92. The van der Waals surface area contributed by atoms with E-state index in [0.29, 0.717) is 6.54 Å². The second-order valence-electron chi connectivity index (χ2n) is 5.87. The van der Waals surface area contributed by atoms with Gasteiger partial charge in [-0.3, -0.25) is 9.59 Å². The van der Waals surface area contributed by atoms with Crippen molar-refractivity contribution >= 4 is 11.8 Å². The Hall–Kier alpha value is -1.06. The van der Waals surface area contributed by atoms with Gasteiger partial charge in [-0.1, -0.05) is 12.8 Å². The van der Waals surface area contributed by atoms with Crippen molar-refractivity contribution < 1.29 is 9.59 Å². The molecule has 0 N–H and O–H groups in total. The van der Waals surface area contributed by atoms with Crippen molar-refractivity contribution in [2.45, 2.75) is 57.0 Å². The number of amides is 2. The van der Waals surface area contributed by atoms with Gasteiger partial charge >= 0.3 is 0 Å². The van der Waals surface area contributed by atoms with Crippen LogP contribution in [-0.2, 0) is 9.59 Å². The highest BCUT2D eigenvalue weighted by molar-refractivity contribution is 5.95. The van der Waals surface area contributed by atoms with E-state index in [2.05, 4.69) is 6.92 Å². The van der Waals surface area contributed by atoms with E-state index in [0.717, 1.165) is 32.2 Å². The molecule has 0 bridgehead atoms. The molecular weight excluding hydrogens is 216 g/mol. The molecule has 4 nitrogen and oxygen atoms in total. The highest BCUT2D eigenvalue weighted by Gasteiger charge is 2.48. The first-order chi connectivity index (χ1) is 8.12. The highest BCUT2D eigenvalue weighted by Crippen LogP contribution is 2.38. The van der Waals surface area contributed by atoms with Crippen molar-refractivity contribution in [2.75, 3.05) is 13.1 Å². The Balaban J connectivity index is 1.86. The van der Waals surface area contributed by atoms with Crippen LogP contribution in [0.1, 0.15) is 45.4 Å². The van der Waals surface area contributed by atoms with Crippen LogP contribution in [0, 0.1) is 0 Å². The predicted molar refractivity (Wildman–Crippen MR) is 63.3 cm³/mol. The molecule has 2 saturated heterocycles. The van der Waals surface area contributed by atoms with E-state index < -0.39 is 0 Å². The zero-order chi connectivity index (χ0) is 12.0. The minimum Gasteiger partial charge on any atom is -0.329 e. The molecule has 0 aromatic heterocycles. The zero-order valence-corrected chi connectivity index (χ0v) is 10.4. The van der Waals surface area contributed by atoms with Gasteiger partial charge in [0.25, 0.3) is 0 Å². The topological polar surface area (TPSA) is 40.6 Å². The van der Waals surface area contributed by atoms with Crippen molar-refractivity contribution in [1.82, 2.24) is 9.80 Å². The Morgan fingerprint density at radius 2 is 1.88 bits per heavy atom. The van der Waals surface area contributed by atoms with Crippen molar-refractivity contribution in [3.8, 4) is 0 Å². The molecule has 1 aliphatic carbocycles. The number of nitrogens with zero attached hydrogens (tertiary/aromatic N) is 2. The van der Waals surface area contributed by atoms with Gasteiger partial charge in [-0.25, -0.2) is 0 Å². The van der Waals surface area contributed by atoms with Gasteiger partial charge in [-0.15, -0.1) is 0 Å². The molecule has 0 aromatic rings. The maximum Gasteiger partial charge on any atom is 0.246 e. The van der Waals surface area contributed by atoms with Gasteiger partial charge in [-0.05, 0) is 32.6 Å². The summed E-state index contributed by atoms with van der Waals surface area (Å²) < 4.78 is 0. The van der Waals surface area contributed by atoms with Gasteiger partial charge in [0.05, 0.1) is 0 Å². The van der Waals surface area contributed by atoms with Crippen molar-refractivity contribution in [3.05, 3.63) is 0 Å². The van der Waals surface area contributed by atoms with Gasteiger partial charge in [0, 0.05) is 12.1 Å². The van der Waals surface area contributed by atoms with E-state index in [1.54, 1.807) is 4.90 Å². The number of hydrogen-bond donors (Lipinski definition) is 0. The Morgan fingerprint density at radius 1 is 1.18 bits per heavy atom. The summed E-state index contributed by atoms with van der Waals surface area (Å²) in [5, 5.41) is 0. The molecule has 3 aliphatic rings. The van der Waals surface area contributed by atoms with Crippen LogP contribution >= 0.6 is 0 Å². The zero-order valence-electron chi connectivity index (χ0n) is 10.4. The number of carbonyl (C=O) groups excluding carboxylic acids is 2. The maximum absolute atomic E-state index is 12.5. The fourth-order valence-electron chi connectivity index (χ4n) is 3.67. The third-order valence-corrected chi connectivity index (χ3v) is 4.75. The monoisotopic (exact) mass is 236 g/mol. The van der Waals surface area contributed by atoms with Crippen molar-refractivity contribution in [3.63, 3.8) is 0 Å². The first kappa shape index (κ1) is 11.1. The predicted octanol–water partition coefficient (Wildman–Crippen LogP) is 1.15. The lowest BCUT2D eigenvalue weighted by atomic mass is 9.95. The lowest BCUT2D eigenvalue weighted by Crippen LogP contribution is -2.63. The van der Waals surface area contributed by atoms with Gasteiger partial charge in [0.2, 0.25) is 11.8 Å². The van der Waals surface area contributed by atoms with Crippen LogP contribution in [0.15, 0.2) is 0 Å². The minimum absolute atomic E-state index is 0.0541. The summed E-state index contributed by atoms with van der Waals surface area (Å²) in [6.07, 6.45) is 6.31. The van der Waals surface area contributed by atoms with Gasteiger partial charge < -0.3 is 9.80 Å². The summed E-state index contributed by atoms with van der Waals surface area (Å²) in [5.41, 5.74) is -0.0541. The molecule has 0 radical (unpaired) electrons. The molecule has 4 heteroatoms. The molecule has 1 atom stereocenters. The molecule has 2 amide bonds. The van der Waals surface area contributed by atoms with Crippen LogP contribution in [0.5, 0.6) is 0 Å². The highest BCUT2D eigenvalue weighted by atomic mass is 16.2. The molecule has 94 valence electrons. The van der Waals surface area contributed by atoms with Gasteiger partial charge in [-0.2, -0.15) is 0 Å². The van der Waals surface area contributed by atoms with Crippen LogP contribution < -0.4 is 0 Å². The van der Waals surface area contributed by atoms with Crippen LogP contribution in [0.3, 0.4) is 0 Å². The molecule has 0 aromatic carbocycles. The fraction of sp³-hybridized carbons (Fsp3) is 0.846. The lowest BCUT2D eigenvalue weighted by molar-refractivity contribution is -0.159. The normalized spacial score (nSPS) is 32.2. The Kier molecular flexibility index (Phi) is 2.42. The molecule has 17 heavy (non-hydrogen) atoms. The molecular formula is C13H20N2O2. The average molecular weight is 236 g/mol. The quantitative estimate of drug-likeness (QED) is 0.685. The van der Waals surface area contributed by atoms with E-state index in [9.17, 15) is 9.59 Å². The molecule has 1 saturated carbocycles. The lowest BCUT2D eigenvalue weighted by Gasteiger charge is -2.45. The molecule has 3 rings (SSSR count). The summed E-state index contributed by atoms with van der Waals surface area (Å²) in [4.78, 5) is 28.2. The Labute approximate surface area is 102 Å². The second kappa shape index (κ2) is 3.72. The van der Waals surface area contributed by atoms with Crippen LogP contribution in [0.4, 0.5) is 0 Å². The molecule has 2 heterocycles. The smallest absolute Gasteiger partial charge is 0.246 e. The third-order valence-electron chi connectivity index (χ3n) is 4.75. The van der Waals surface area contributed by atoms with E-state index in [1.807, 2.05) is 4.90 Å². The fourth-order valence-corrected chi connectivity index (χ4v) is 3.67. The summed E-state index contributed by atoms with van der Waals surface area (Å²) in [5.74, 6) is 0.353. The van der Waals surface area contributed by atoms with E-state index in [1.165, 1.54) is 12.8 Å². The first-order valence-electron chi connectivity index (χ1n) is 6.73. The largest absolute Gasteiger partial charge is 0.329 e.